The molecule has 0 atom stereocenters. The summed E-state index contributed by atoms with van der Waals surface area (Å²) in [4.78, 5) is 26.3. The number of hydrogen-bond acceptors (Lipinski definition) is 3. The Morgan fingerprint density at radius 3 is 2.79 bits per heavy atom. The predicted molar refractivity (Wildman–Crippen MR) is 98.5 cm³/mol. The fraction of sp³-hybridized carbons (Fsp3) is 0.222. The second-order valence-electron chi connectivity index (χ2n) is 5.55. The normalized spacial score (nSPS) is 12.7. The van der Waals surface area contributed by atoms with Crippen molar-refractivity contribution in [3.63, 3.8) is 0 Å². The highest BCUT2D eigenvalue weighted by molar-refractivity contribution is 9.10. The number of nitrogens with zero attached hydrogens (tertiary/aromatic N) is 1. The molecule has 0 radical (unpaired) electrons. The first-order valence-corrected chi connectivity index (χ1v) is 8.53. The monoisotopic (exact) mass is 387 g/mol. The molecule has 5 nitrogen and oxygen atoms in total. The van der Waals surface area contributed by atoms with Crippen molar-refractivity contribution in [3.05, 3.63) is 58.1 Å². The minimum atomic E-state index is -0.197. The Morgan fingerprint density at radius 1 is 1.21 bits per heavy atom. The first-order valence-electron chi connectivity index (χ1n) is 7.74. The van der Waals surface area contributed by atoms with E-state index in [4.69, 9.17) is 0 Å². The highest BCUT2D eigenvalue weighted by atomic mass is 79.9. The van der Waals surface area contributed by atoms with E-state index in [1.165, 1.54) is 5.56 Å². The SMILES string of the molecule is CNC(=O)c1cc(Br)ccc1NCC(=O)N1CCc2ccccc21. The van der Waals surface area contributed by atoms with E-state index in [0.717, 1.165) is 16.6 Å². The lowest BCUT2D eigenvalue weighted by molar-refractivity contribution is -0.116. The number of halogens is 1. The number of carbonyl (C=O) groups is 2. The molecule has 0 unspecified atom stereocenters. The maximum Gasteiger partial charge on any atom is 0.253 e. The van der Waals surface area contributed by atoms with Gasteiger partial charge in [-0.2, -0.15) is 0 Å². The number of nitrogens with one attached hydrogen (secondary N) is 2. The van der Waals surface area contributed by atoms with Gasteiger partial charge in [0.15, 0.2) is 0 Å². The molecule has 2 N–H and O–H groups in total. The number of anilines is 2. The summed E-state index contributed by atoms with van der Waals surface area (Å²) in [5, 5.41) is 5.70. The van der Waals surface area contributed by atoms with Crippen LogP contribution in [0, 0.1) is 0 Å². The Hall–Kier alpha value is -2.34. The quantitative estimate of drug-likeness (QED) is 0.847. The van der Waals surface area contributed by atoms with Gasteiger partial charge >= 0.3 is 0 Å². The molecule has 1 aliphatic rings. The van der Waals surface area contributed by atoms with Gasteiger partial charge < -0.3 is 15.5 Å². The van der Waals surface area contributed by atoms with E-state index in [2.05, 4.69) is 32.6 Å². The molecule has 0 spiro atoms. The van der Waals surface area contributed by atoms with Gasteiger partial charge in [0.2, 0.25) is 5.91 Å². The van der Waals surface area contributed by atoms with Crippen LogP contribution in [0.3, 0.4) is 0 Å². The van der Waals surface area contributed by atoms with Gasteiger partial charge in [0.25, 0.3) is 5.91 Å². The maximum atomic E-state index is 12.6. The molecule has 2 aromatic carbocycles. The van der Waals surface area contributed by atoms with Gasteiger partial charge in [0.05, 0.1) is 12.1 Å². The number of rotatable bonds is 4. The molecule has 0 bridgehead atoms. The molecule has 6 heteroatoms. The lowest BCUT2D eigenvalue weighted by atomic mass is 10.1. The van der Waals surface area contributed by atoms with E-state index < -0.39 is 0 Å². The van der Waals surface area contributed by atoms with Crippen LogP contribution in [0.4, 0.5) is 11.4 Å². The number of amides is 2. The molecular formula is C18H18BrN3O2. The highest BCUT2D eigenvalue weighted by Gasteiger charge is 2.24. The second kappa shape index (κ2) is 7.05. The summed E-state index contributed by atoms with van der Waals surface area (Å²) in [6.07, 6.45) is 0.879. The van der Waals surface area contributed by atoms with Crippen molar-refractivity contribution >= 4 is 39.1 Å². The summed E-state index contributed by atoms with van der Waals surface area (Å²) in [6.45, 7) is 0.836. The smallest absolute Gasteiger partial charge is 0.253 e. The summed E-state index contributed by atoms with van der Waals surface area (Å²) >= 11 is 3.36. The van der Waals surface area contributed by atoms with E-state index >= 15 is 0 Å². The summed E-state index contributed by atoms with van der Waals surface area (Å²) in [7, 11) is 1.58. The van der Waals surface area contributed by atoms with Crippen LogP contribution in [-0.4, -0.2) is 32.0 Å². The number of para-hydroxylation sites is 1. The van der Waals surface area contributed by atoms with Crippen LogP contribution < -0.4 is 15.5 Å². The van der Waals surface area contributed by atoms with Crippen molar-refractivity contribution in [1.82, 2.24) is 5.32 Å². The van der Waals surface area contributed by atoms with Crippen LogP contribution in [0.15, 0.2) is 46.9 Å². The summed E-state index contributed by atoms with van der Waals surface area (Å²) in [5.41, 5.74) is 3.31. The zero-order chi connectivity index (χ0) is 17.1. The van der Waals surface area contributed by atoms with E-state index in [1.807, 2.05) is 24.3 Å². The third-order valence-corrected chi connectivity index (χ3v) is 4.56. The summed E-state index contributed by atoms with van der Waals surface area (Å²) < 4.78 is 0.812. The molecule has 0 fully saturated rings. The van der Waals surface area contributed by atoms with Gasteiger partial charge in [0, 0.05) is 29.4 Å². The zero-order valence-corrected chi connectivity index (χ0v) is 14.9. The Morgan fingerprint density at radius 2 is 2.00 bits per heavy atom. The van der Waals surface area contributed by atoms with Crippen molar-refractivity contribution in [2.45, 2.75) is 6.42 Å². The Labute approximate surface area is 149 Å². The Balaban J connectivity index is 1.73. The number of carbonyl (C=O) groups excluding carboxylic acids is 2. The molecule has 0 aromatic heterocycles. The van der Waals surface area contributed by atoms with E-state index in [-0.39, 0.29) is 18.4 Å². The maximum absolute atomic E-state index is 12.6. The number of benzene rings is 2. The van der Waals surface area contributed by atoms with Gasteiger partial charge in [-0.15, -0.1) is 0 Å². The minimum absolute atomic E-state index is 0.00859. The average molecular weight is 388 g/mol. The number of hydrogen-bond donors (Lipinski definition) is 2. The van der Waals surface area contributed by atoms with Crippen molar-refractivity contribution < 1.29 is 9.59 Å². The summed E-state index contributed by atoms with van der Waals surface area (Å²) in [6, 6.07) is 13.3. The van der Waals surface area contributed by atoms with E-state index in [0.29, 0.717) is 17.8 Å². The van der Waals surface area contributed by atoms with Gasteiger partial charge in [0.1, 0.15) is 0 Å². The third kappa shape index (κ3) is 3.28. The number of fused-ring (bicyclic) bond motifs is 1. The molecule has 0 saturated heterocycles. The lowest BCUT2D eigenvalue weighted by Crippen LogP contribution is -2.34. The average Bonchev–Trinajstić information content (AvgIpc) is 3.03. The minimum Gasteiger partial charge on any atom is -0.375 e. The van der Waals surface area contributed by atoms with Crippen molar-refractivity contribution in [3.8, 4) is 0 Å². The van der Waals surface area contributed by atoms with Crippen LogP contribution in [0.5, 0.6) is 0 Å². The van der Waals surface area contributed by atoms with Gasteiger partial charge in [-0.05, 0) is 36.2 Å². The Bertz CT molecular complexity index is 792. The van der Waals surface area contributed by atoms with Crippen LogP contribution in [0.25, 0.3) is 0 Å². The van der Waals surface area contributed by atoms with Crippen LogP contribution in [0.1, 0.15) is 15.9 Å². The molecule has 1 aliphatic heterocycles. The van der Waals surface area contributed by atoms with Crippen LogP contribution in [-0.2, 0) is 11.2 Å². The first-order chi connectivity index (χ1) is 11.6. The molecule has 24 heavy (non-hydrogen) atoms. The fourth-order valence-electron chi connectivity index (χ4n) is 2.86. The molecule has 124 valence electrons. The van der Waals surface area contributed by atoms with E-state index in [9.17, 15) is 9.59 Å². The standard InChI is InChI=1S/C18H18BrN3O2/c1-20-18(24)14-10-13(19)6-7-15(14)21-11-17(23)22-9-8-12-4-2-3-5-16(12)22/h2-7,10,21H,8-9,11H2,1H3,(H,20,24). The topological polar surface area (TPSA) is 61.4 Å². The molecule has 0 saturated carbocycles. The third-order valence-electron chi connectivity index (χ3n) is 4.07. The Kier molecular flexibility index (Phi) is 4.85. The largest absolute Gasteiger partial charge is 0.375 e. The van der Waals surface area contributed by atoms with Crippen molar-refractivity contribution in [2.75, 3.05) is 30.4 Å². The second-order valence-corrected chi connectivity index (χ2v) is 6.46. The zero-order valence-electron chi connectivity index (χ0n) is 13.3. The predicted octanol–water partition coefficient (Wildman–Crippen LogP) is 2.81. The first kappa shape index (κ1) is 16.5. The van der Waals surface area contributed by atoms with Gasteiger partial charge in [-0.3, -0.25) is 9.59 Å². The molecule has 3 rings (SSSR count). The molecular weight excluding hydrogens is 370 g/mol. The fourth-order valence-corrected chi connectivity index (χ4v) is 3.22. The molecule has 2 amide bonds. The van der Waals surface area contributed by atoms with Gasteiger partial charge in [-0.25, -0.2) is 0 Å². The van der Waals surface area contributed by atoms with Crippen molar-refractivity contribution in [2.24, 2.45) is 0 Å². The van der Waals surface area contributed by atoms with E-state index in [1.54, 1.807) is 24.1 Å². The summed E-state index contributed by atoms with van der Waals surface area (Å²) in [5.74, 6) is -0.205. The highest BCUT2D eigenvalue weighted by Crippen LogP contribution is 2.27. The molecule has 2 aromatic rings. The van der Waals surface area contributed by atoms with Crippen molar-refractivity contribution in [1.29, 1.82) is 0 Å². The molecule has 0 aliphatic carbocycles. The van der Waals surface area contributed by atoms with Crippen LogP contribution in [0.2, 0.25) is 0 Å². The molecule has 1 heterocycles. The lowest BCUT2D eigenvalue weighted by Gasteiger charge is -2.19. The van der Waals surface area contributed by atoms with Gasteiger partial charge in [-0.1, -0.05) is 34.1 Å². The van der Waals surface area contributed by atoms with Crippen LogP contribution >= 0.6 is 15.9 Å².